The number of nitrogens with one attached hydrogen (secondary N) is 2. The first kappa shape index (κ1) is 21.7. The average Bonchev–Trinajstić information content (AvgIpc) is 2.53. The van der Waals surface area contributed by atoms with Crippen LogP contribution >= 0.6 is 12.4 Å². The van der Waals surface area contributed by atoms with Crippen molar-refractivity contribution >= 4 is 18.3 Å². The van der Waals surface area contributed by atoms with Gasteiger partial charge in [0.15, 0.2) is 0 Å². The average molecular weight is 371 g/mol. The molecular weight excluding hydrogens is 340 g/mol. The minimum atomic E-state index is 0. The molecule has 5 nitrogen and oxygen atoms in total. The zero-order valence-corrected chi connectivity index (χ0v) is 16.3. The standard InChI is InChI=1S/C19H30N2O3.ClH/c1-15-10-16(2)12-17(11-15)24-9-4-18(22)21-13-19(14-23-3)5-7-20-8-6-19;/h10-12,20H,4-9,13-14H2,1-3H3,(H,21,22);1H. The van der Waals surface area contributed by atoms with Crippen molar-refractivity contribution in [1.82, 2.24) is 10.6 Å². The third-order valence-electron chi connectivity index (χ3n) is 4.57. The lowest BCUT2D eigenvalue weighted by Gasteiger charge is -2.37. The lowest BCUT2D eigenvalue weighted by atomic mass is 9.79. The summed E-state index contributed by atoms with van der Waals surface area (Å²) in [6.07, 6.45) is 2.43. The molecule has 1 aromatic rings. The van der Waals surface area contributed by atoms with Gasteiger partial charge < -0.3 is 20.1 Å². The second kappa shape index (κ2) is 10.6. The second-order valence-electron chi connectivity index (χ2n) is 6.88. The lowest BCUT2D eigenvalue weighted by Crippen LogP contribution is -2.47. The van der Waals surface area contributed by atoms with E-state index in [-0.39, 0.29) is 23.7 Å². The predicted octanol–water partition coefficient (Wildman–Crippen LogP) is 2.63. The van der Waals surface area contributed by atoms with Gasteiger partial charge in [0.2, 0.25) is 5.91 Å². The first-order chi connectivity index (χ1) is 11.5. The van der Waals surface area contributed by atoms with E-state index in [0.29, 0.717) is 26.2 Å². The Hall–Kier alpha value is -1.30. The second-order valence-corrected chi connectivity index (χ2v) is 6.88. The first-order valence-electron chi connectivity index (χ1n) is 8.70. The van der Waals surface area contributed by atoms with E-state index in [1.54, 1.807) is 7.11 Å². The van der Waals surface area contributed by atoms with E-state index < -0.39 is 0 Å². The molecule has 0 unspecified atom stereocenters. The highest BCUT2D eigenvalue weighted by atomic mass is 35.5. The number of hydrogen-bond donors (Lipinski definition) is 2. The molecule has 2 N–H and O–H groups in total. The molecule has 0 aromatic heterocycles. The number of carbonyl (C=O) groups is 1. The molecule has 1 aromatic carbocycles. The number of ether oxygens (including phenoxy) is 2. The van der Waals surface area contributed by atoms with E-state index in [1.165, 1.54) is 11.1 Å². The molecule has 25 heavy (non-hydrogen) atoms. The van der Waals surface area contributed by atoms with Gasteiger partial charge in [-0.15, -0.1) is 12.4 Å². The molecule has 0 radical (unpaired) electrons. The molecule has 0 atom stereocenters. The number of amides is 1. The Bertz CT molecular complexity index is 520. The van der Waals surface area contributed by atoms with Crippen molar-refractivity contribution in [3.63, 3.8) is 0 Å². The van der Waals surface area contributed by atoms with Crippen molar-refractivity contribution in [2.45, 2.75) is 33.1 Å². The molecule has 6 heteroatoms. The van der Waals surface area contributed by atoms with E-state index in [2.05, 4.69) is 16.7 Å². The van der Waals surface area contributed by atoms with Crippen molar-refractivity contribution < 1.29 is 14.3 Å². The highest BCUT2D eigenvalue weighted by molar-refractivity contribution is 5.85. The number of hydrogen-bond acceptors (Lipinski definition) is 4. The summed E-state index contributed by atoms with van der Waals surface area (Å²) in [5.41, 5.74) is 2.40. The summed E-state index contributed by atoms with van der Waals surface area (Å²) in [4.78, 5) is 12.1. The van der Waals surface area contributed by atoms with Gasteiger partial charge in [0.1, 0.15) is 5.75 Å². The van der Waals surface area contributed by atoms with Crippen LogP contribution in [0.25, 0.3) is 0 Å². The van der Waals surface area contributed by atoms with Crippen molar-refractivity contribution in [3.05, 3.63) is 29.3 Å². The van der Waals surface area contributed by atoms with Crippen molar-refractivity contribution in [2.75, 3.05) is 40.0 Å². The third kappa shape index (κ3) is 7.22. The molecule has 1 heterocycles. The minimum absolute atomic E-state index is 0. The predicted molar refractivity (Wildman–Crippen MR) is 103 cm³/mol. The number of benzene rings is 1. The van der Waals surface area contributed by atoms with Gasteiger partial charge in [-0.05, 0) is 63.0 Å². The number of carbonyl (C=O) groups excluding carboxylic acids is 1. The molecule has 1 amide bonds. The van der Waals surface area contributed by atoms with Crippen LogP contribution in [0.15, 0.2) is 18.2 Å². The quantitative estimate of drug-likeness (QED) is 0.738. The fraction of sp³-hybridized carbons (Fsp3) is 0.632. The van der Waals surface area contributed by atoms with Crippen LogP contribution in [0.5, 0.6) is 5.75 Å². The van der Waals surface area contributed by atoms with Gasteiger partial charge in [-0.2, -0.15) is 0 Å². The fourth-order valence-corrected chi connectivity index (χ4v) is 3.29. The summed E-state index contributed by atoms with van der Waals surface area (Å²) in [6, 6.07) is 6.09. The van der Waals surface area contributed by atoms with Crippen LogP contribution in [0.2, 0.25) is 0 Å². The van der Waals surface area contributed by atoms with Crippen LogP contribution in [-0.4, -0.2) is 45.9 Å². The van der Waals surface area contributed by atoms with Gasteiger partial charge in [0.05, 0.1) is 19.6 Å². The van der Waals surface area contributed by atoms with Crippen molar-refractivity contribution in [1.29, 1.82) is 0 Å². The van der Waals surface area contributed by atoms with Crippen molar-refractivity contribution in [2.24, 2.45) is 5.41 Å². The van der Waals surface area contributed by atoms with Gasteiger partial charge in [-0.25, -0.2) is 0 Å². The minimum Gasteiger partial charge on any atom is -0.493 e. The highest BCUT2D eigenvalue weighted by Gasteiger charge is 2.32. The SMILES string of the molecule is COCC1(CNC(=O)CCOc2cc(C)cc(C)c2)CCNCC1.Cl. The zero-order chi connectivity index (χ0) is 17.4. The van der Waals surface area contributed by atoms with E-state index in [0.717, 1.165) is 31.7 Å². The van der Waals surface area contributed by atoms with Crippen LogP contribution < -0.4 is 15.4 Å². The molecule has 1 aliphatic heterocycles. The Kier molecular flexibility index (Phi) is 9.25. The fourth-order valence-electron chi connectivity index (χ4n) is 3.29. The summed E-state index contributed by atoms with van der Waals surface area (Å²) < 4.78 is 11.1. The van der Waals surface area contributed by atoms with Crippen molar-refractivity contribution in [3.8, 4) is 5.75 Å². The van der Waals surface area contributed by atoms with E-state index in [4.69, 9.17) is 9.47 Å². The summed E-state index contributed by atoms with van der Waals surface area (Å²) in [5.74, 6) is 0.864. The van der Waals surface area contributed by atoms with E-state index in [1.807, 2.05) is 26.0 Å². The summed E-state index contributed by atoms with van der Waals surface area (Å²) >= 11 is 0. The Morgan fingerprint density at radius 3 is 2.44 bits per heavy atom. The Labute approximate surface area is 157 Å². The maximum atomic E-state index is 12.1. The molecule has 0 saturated carbocycles. The number of methoxy groups -OCH3 is 1. The summed E-state index contributed by atoms with van der Waals surface area (Å²) in [6.45, 7) is 7.80. The van der Waals surface area contributed by atoms with E-state index in [9.17, 15) is 4.79 Å². The van der Waals surface area contributed by atoms with Crippen LogP contribution in [0.1, 0.15) is 30.4 Å². The number of piperidine rings is 1. The van der Waals surface area contributed by atoms with Gasteiger partial charge in [-0.1, -0.05) is 6.07 Å². The van der Waals surface area contributed by atoms with Crippen LogP contribution in [0.3, 0.4) is 0 Å². The molecule has 0 spiro atoms. The summed E-state index contributed by atoms with van der Waals surface area (Å²) in [7, 11) is 1.73. The monoisotopic (exact) mass is 370 g/mol. The molecule has 1 fully saturated rings. The van der Waals surface area contributed by atoms with Crippen LogP contribution in [0, 0.1) is 19.3 Å². The Balaban J connectivity index is 0.00000312. The molecule has 2 rings (SSSR count). The summed E-state index contributed by atoms with van der Waals surface area (Å²) in [5, 5.41) is 6.42. The normalized spacial score (nSPS) is 16.0. The Morgan fingerprint density at radius 1 is 1.20 bits per heavy atom. The maximum absolute atomic E-state index is 12.1. The van der Waals surface area contributed by atoms with Gasteiger partial charge in [0.25, 0.3) is 0 Å². The highest BCUT2D eigenvalue weighted by Crippen LogP contribution is 2.28. The molecule has 0 aliphatic carbocycles. The van der Waals surface area contributed by atoms with Crippen LogP contribution in [0.4, 0.5) is 0 Å². The molecule has 0 bridgehead atoms. The molecule has 1 aliphatic rings. The number of rotatable bonds is 8. The van der Waals surface area contributed by atoms with Gasteiger partial charge in [0, 0.05) is 19.1 Å². The van der Waals surface area contributed by atoms with Gasteiger partial charge in [-0.3, -0.25) is 4.79 Å². The molecule has 142 valence electrons. The smallest absolute Gasteiger partial charge is 0.223 e. The lowest BCUT2D eigenvalue weighted by molar-refractivity contribution is -0.122. The number of aryl methyl sites for hydroxylation is 2. The molecule has 1 saturated heterocycles. The van der Waals surface area contributed by atoms with Crippen LogP contribution in [-0.2, 0) is 9.53 Å². The molecular formula is C19H31ClN2O3. The Morgan fingerprint density at radius 2 is 1.84 bits per heavy atom. The van der Waals surface area contributed by atoms with E-state index >= 15 is 0 Å². The third-order valence-corrected chi connectivity index (χ3v) is 4.57. The number of halogens is 1. The zero-order valence-electron chi connectivity index (χ0n) is 15.5. The maximum Gasteiger partial charge on any atom is 0.223 e. The largest absolute Gasteiger partial charge is 0.493 e. The first-order valence-corrected chi connectivity index (χ1v) is 8.70. The topological polar surface area (TPSA) is 59.6 Å². The van der Waals surface area contributed by atoms with Gasteiger partial charge >= 0.3 is 0 Å².